The Morgan fingerprint density at radius 3 is 2.42 bits per heavy atom. The number of likely N-dealkylation sites (N-methyl/N-ethyl adjacent to an activating group) is 1. The molecule has 0 saturated carbocycles. The smallest absolute Gasteiger partial charge is 0.234 e. The zero-order chi connectivity index (χ0) is 18.5. The van der Waals surface area contributed by atoms with Crippen molar-refractivity contribution in [1.29, 1.82) is 0 Å². The maximum atomic E-state index is 12.2. The number of piperazine rings is 1. The summed E-state index contributed by atoms with van der Waals surface area (Å²) in [5, 5.41) is 4.26. The number of halogens is 2. The Morgan fingerprint density at radius 1 is 1.08 bits per heavy atom. The number of anilines is 2. The normalized spacial score (nSPS) is 15.1. The highest BCUT2D eigenvalue weighted by Gasteiger charge is 2.17. The van der Waals surface area contributed by atoms with E-state index in [0.29, 0.717) is 15.8 Å². The first kappa shape index (κ1) is 19.4. The number of amides is 1. The van der Waals surface area contributed by atoms with Crippen LogP contribution in [-0.2, 0) is 4.79 Å². The van der Waals surface area contributed by atoms with E-state index in [1.54, 1.807) is 0 Å². The number of hydrogen-bond acceptors (Lipinski definition) is 4. The van der Waals surface area contributed by atoms with Crippen molar-refractivity contribution in [1.82, 2.24) is 4.90 Å². The molecule has 0 bridgehead atoms. The van der Waals surface area contributed by atoms with Gasteiger partial charge < -0.3 is 15.1 Å². The van der Waals surface area contributed by atoms with Crippen molar-refractivity contribution >= 4 is 52.2 Å². The summed E-state index contributed by atoms with van der Waals surface area (Å²) in [6, 6.07) is 13.2. The molecule has 3 rings (SSSR count). The predicted octanol–water partition coefficient (Wildman–Crippen LogP) is 4.48. The molecule has 1 N–H and O–H groups in total. The molecule has 1 heterocycles. The Bertz CT molecular complexity index is 762. The minimum atomic E-state index is -0.0617. The van der Waals surface area contributed by atoms with E-state index in [0.717, 1.165) is 42.4 Å². The molecule has 1 fully saturated rings. The highest BCUT2D eigenvalue weighted by molar-refractivity contribution is 8.00. The van der Waals surface area contributed by atoms with Crippen LogP contribution in [0.15, 0.2) is 47.4 Å². The summed E-state index contributed by atoms with van der Waals surface area (Å²) < 4.78 is 0. The van der Waals surface area contributed by atoms with Crippen molar-refractivity contribution < 1.29 is 4.79 Å². The number of nitrogens with zero attached hydrogens (tertiary/aromatic N) is 2. The first-order valence-corrected chi connectivity index (χ1v) is 10.2. The molecule has 1 amide bonds. The fourth-order valence-corrected chi connectivity index (χ4v) is 3.89. The molecule has 7 heteroatoms. The monoisotopic (exact) mass is 409 g/mol. The fraction of sp³-hybridized carbons (Fsp3) is 0.316. The predicted molar refractivity (Wildman–Crippen MR) is 112 cm³/mol. The second-order valence-corrected chi connectivity index (χ2v) is 8.14. The lowest BCUT2D eigenvalue weighted by molar-refractivity contribution is -0.113. The summed E-state index contributed by atoms with van der Waals surface area (Å²) in [5.74, 6) is 0.271. The molecule has 0 atom stereocenters. The SMILES string of the molecule is CN1CCN(c2ccc(NC(=O)CSc3ccc(Cl)cc3)cc2Cl)CC1. The third-order valence-electron chi connectivity index (χ3n) is 4.26. The topological polar surface area (TPSA) is 35.6 Å². The maximum Gasteiger partial charge on any atom is 0.234 e. The van der Waals surface area contributed by atoms with Gasteiger partial charge in [-0.1, -0.05) is 23.2 Å². The van der Waals surface area contributed by atoms with E-state index in [4.69, 9.17) is 23.2 Å². The van der Waals surface area contributed by atoms with Gasteiger partial charge in [0.1, 0.15) is 0 Å². The molecular formula is C19H21Cl2N3OS. The Balaban J connectivity index is 1.55. The zero-order valence-electron chi connectivity index (χ0n) is 14.5. The van der Waals surface area contributed by atoms with E-state index < -0.39 is 0 Å². The van der Waals surface area contributed by atoms with Crippen molar-refractivity contribution in [2.24, 2.45) is 0 Å². The van der Waals surface area contributed by atoms with Crippen molar-refractivity contribution in [2.45, 2.75) is 4.90 Å². The van der Waals surface area contributed by atoms with Gasteiger partial charge in [-0.2, -0.15) is 0 Å². The van der Waals surface area contributed by atoms with Crippen molar-refractivity contribution in [2.75, 3.05) is 49.2 Å². The summed E-state index contributed by atoms with van der Waals surface area (Å²) in [4.78, 5) is 17.8. The lowest BCUT2D eigenvalue weighted by atomic mass is 10.2. The molecule has 138 valence electrons. The van der Waals surface area contributed by atoms with Crippen LogP contribution < -0.4 is 10.2 Å². The van der Waals surface area contributed by atoms with E-state index >= 15 is 0 Å². The number of carbonyl (C=O) groups excluding carboxylic acids is 1. The molecule has 1 saturated heterocycles. The van der Waals surface area contributed by atoms with Crippen molar-refractivity contribution in [3.05, 3.63) is 52.5 Å². The van der Waals surface area contributed by atoms with Gasteiger partial charge in [-0.3, -0.25) is 4.79 Å². The minimum absolute atomic E-state index is 0.0617. The van der Waals surface area contributed by atoms with Gasteiger partial charge in [0.2, 0.25) is 5.91 Å². The van der Waals surface area contributed by atoms with Gasteiger partial charge in [0.15, 0.2) is 0 Å². The second kappa shape index (κ2) is 9.00. The van der Waals surface area contributed by atoms with Gasteiger partial charge in [0.25, 0.3) is 0 Å². The van der Waals surface area contributed by atoms with Crippen LogP contribution in [0.2, 0.25) is 10.0 Å². The third-order valence-corrected chi connectivity index (χ3v) is 5.83. The number of rotatable bonds is 5. The molecule has 0 aromatic heterocycles. The van der Waals surface area contributed by atoms with Gasteiger partial charge >= 0.3 is 0 Å². The summed E-state index contributed by atoms with van der Waals surface area (Å²) in [6.07, 6.45) is 0. The van der Waals surface area contributed by atoms with Crippen LogP contribution in [0.3, 0.4) is 0 Å². The number of nitrogens with one attached hydrogen (secondary N) is 1. The summed E-state index contributed by atoms with van der Waals surface area (Å²) in [7, 11) is 2.12. The van der Waals surface area contributed by atoms with E-state index in [9.17, 15) is 4.79 Å². The minimum Gasteiger partial charge on any atom is -0.368 e. The van der Waals surface area contributed by atoms with Crippen LogP contribution in [0.4, 0.5) is 11.4 Å². The van der Waals surface area contributed by atoms with Gasteiger partial charge in [-0.05, 0) is 49.5 Å². The van der Waals surface area contributed by atoms with Crippen LogP contribution in [0.5, 0.6) is 0 Å². The van der Waals surface area contributed by atoms with Gasteiger partial charge in [-0.15, -0.1) is 11.8 Å². The van der Waals surface area contributed by atoms with E-state index in [1.165, 1.54) is 11.8 Å². The van der Waals surface area contributed by atoms with Crippen LogP contribution in [0.1, 0.15) is 0 Å². The first-order valence-electron chi connectivity index (χ1n) is 8.42. The molecule has 2 aromatic carbocycles. The van der Waals surface area contributed by atoms with Crippen molar-refractivity contribution in [3.8, 4) is 0 Å². The van der Waals surface area contributed by atoms with Crippen molar-refractivity contribution in [3.63, 3.8) is 0 Å². The average Bonchev–Trinajstić information content (AvgIpc) is 2.62. The number of thioether (sulfide) groups is 1. The Kier molecular flexibility index (Phi) is 6.70. The molecule has 0 spiro atoms. The van der Waals surface area contributed by atoms with Crippen LogP contribution >= 0.6 is 35.0 Å². The highest BCUT2D eigenvalue weighted by Crippen LogP contribution is 2.30. The first-order chi connectivity index (χ1) is 12.5. The second-order valence-electron chi connectivity index (χ2n) is 6.25. The molecule has 1 aliphatic heterocycles. The molecule has 0 aliphatic carbocycles. The number of hydrogen-bond donors (Lipinski definition) is 1. The molecule has 0 unspecified atom stereocenters. The number of carbonyl (C=O) groups is 1. The maximum absolute atomic E-state index is 12.2. The lowest BCUT2D eigenvalue weighted by Crippen LogP contribution is -2.44. The lowest BCUT2D eigenvalue weighted by Gasteiger charge is -2.34. The Labute approximate surface area is 168 Å². The van der Waals surface area contributed by atoms with Gasteiger partial charge in [0.05, 0.1) is 16.5 Å². The summed E-state index contributed by atoms with van der Waals surface area (Å²) in [5.41, 5.74) is 1.74. The fourth-order valence-electron chi connectivity index (χ4n) is 2.77. The Hall–Kier alpha value is -1.40. The quantitative estimate of drug-likeness (QED) is 0.738. The van der Waals surface area contributed by atoms with Gasteiger partial charge in [0, 0.05) is 41.8 Å². The molecule has 2 aromatic rings. The molecule has 0 radical (unpaired) electrons. The summed E-state index contributed by atoms with van der Waals surface area (Å²) >= 11 is 13.8. The largest absolute Gasteiger partial charge is 0.368 e. The molecular weight excluding hydrogens is 389 g/mol. The van der Waals surface area contributed by atoms with E-state index in [1.807, 2.05) is 42.5 Å². The summed E-state index contributed by atoms with van der Waals surface area (Å²) in [6.45, 7) is 3.97. The zero-order valence-corrected chi connectivity index (χ0v) is 16.9. The standard InChI is InChI=1S/C19H21Cl2N3OS/c1-23-8-10-24(11-9-23)18-7-4-15(12-17(18)21)22-19(25)13-26-16-5-2-14(20)3-6-16/h2-7,12H,8-11,13H2,1H3,(H,22,25). The van der Waals surface area contributed by atoms with E-state index in [-0.39, 0.29) is 5.91 Å². The van der Waals surface area contributed by atoms with Gasteiger partial charge in [-0.25, -0.2) is 0 Å². The van der Waals surface area contributed by atoms with Crippen LogP contribution in [0.25, 0.3) is 0 Å². The molecule has 26 heavy (non-hydrogen) atoms. The van der Waals surface area contributed by atoms with Crippen LogP contribution in [-0.4, -0.2) is 49.8 Å². The highest BCUT2D eigenvalue weighted by atomic mass is 35.5. The number of benzene rings is 2. The Morgan fingerprint density at radius 2 is 1.77 bits per heavy atom. The van der Waals surface area contributed by atoms with Crippen LogP contribution in [0, 0.1) is 0 Å². The van der Waals surface area contributed by atoms with E-state index in [2.05, 4.69) is 22.2 Å². The molecule has 4 nitrogen and oxygen atoms in total. The third kappa shape index (κ3) is 5.30. The molecule has 1 aliphatic rings. The average molecular weight is 410 g/mol.